The number of nitrogens with one attached hydrogen (secondary N) is 2. The van der Waals surface area contributed by atoms with Crippen molar-refractivity contribution in [1.29, 1.82) is 0 Å². The molecule has 14 heteroatoms. The van der Waals surface area contributed by atoms with Gasteiger partial charge in [0.05, 0.1) is 13.0 Å². The van der Waals surface area contributed by atoms with Crippen LogP contribution >= 0.6 is 0 Å². The summed E-state index contributed by atoms with van der Waals surface area (Å²) in [5.41, 5.74) is 5.01. The highest BCUT2D eigenvalue weighted by atomic mass is 16.6. The fourth-order valence-electron chi connectivity index (χ4n) is 4.50. The topological polar surface area (TPSA) is 210 Å². The molecule has 2 amide bonds. The average molecular weight is 766 g/mol. The Labute approximate surface area is 322 Å². The van der Waals surface area contributed by atoms with Gasteiger partial charge < -0.3 is 40.4 Å². The Bertz CT molecular complexity index is 1300. The maximum absolute atomic E-state index is 13.0. The fraction of sp³-hybridized carbons (Fsp3) is 0.700. The third kappa shape index (κ3) is 29.3. The smallest absolute Gasteiger partial charge is 0.407 e. The molecule has 54 heavy (non-hydrogen) atoms. The number of alkyl carbamates (subject to hydrolysis) is 1. The van der Waals surface area contributed by atoms with Gasteiger partial charge in [-0.15, -0.1) is 0 Å². The standard InChI is InChI=1S/C31H50N2O7.C9H17NO4/c1-23(13-11-12-19-32-29(37)39-22-24-14-9-8-10-15-24)33-28(36)25(16-17-26(34)40-31(5,6)7)21-27(35)38-20-18-30(2,3)4;1-9(2,3)14-7(11)5-4-6(10)8(12)13/h8-10,14-15,23,25H,11-13,16-22H2,1-7H3,(H,32,37)(H,33,36);6H,4-5,10H2,1-3H3,(H,12,13)/t23?,25-;/m1./s1. The van der Waals surface area contributed by atoms with Crippen LogP contribution < -0.4 is 16.4 Å². The monoisotopic (exact) mass is 765 g/mol. The van der Waals surface area contributed by atoms with Crippen molar-refractivity contribution < 1.29 is 52.8 Å². The summed E-state index contributed by atoms with van der Waals surface area (Å²) in [6, 6.07) is 8.32. The van der Waals surface area contributed by atoms with Gasteiger partial charge in [0.2, 0.25) is 5.91 Å². The quantitative estimate of drug-likeness (QED) is 0.0663. The van der Waals surface area contributed by atoms with Crippen LogP contribution in [0.1, 0.15) is 133 Å². The first-order valence-corrected chi connectivity index (χ1v) is 18.7. The Morgan fingerprint density at radius 1 is 0.759 bits per heavy atom. The molecule has 1 rings (SSSR count). The highest BCUT2D eigenvalue weighted by molar-refractivity contribution is 5.84. The maximum Gasteiger partial charge on any atom is 0.407 e. The molecule has 0 aliphatic heterocycles. The molecule has 2 unspecified atom stereocenters. The second-order valence-corrected chi connectivity index (χ2v) is 16.5. The van der Waals surface area contributed by atoms with Gasteiger partial charge in [0.25, 0.3) is 0 Å². The van der Waals surface area contributed by atoms with Crippen molar-refractivity contribution in [2.45, 2.75) is 157 Å². The van der Waals surface area contributed by atoms with Crippen LogP contribution in [0.2, 0.25) is 0 Å². The van der Waals surface area contributed by atoms with Crippen molar-refractivity contribution in [3.8, 4) is 0 Å². The van der Waals surface area contributed by atoms with Gasteiger partial charge in [-0.25, -0.2) is 4.79 Å². The van der Waals surface area contributed by atoms with Crippen LogP contribution in [0.4, 0.5) is 4.79 Å². The van der Waals surface area contributed by atoms with E-state index in [0.717, 1.165) is 18.4 Å². The Kier molecular flexibility index (Phi) is 23.0. The first-order chi connectivity index (χ1) is 24.9. The molecule has 5 N–H and O–H groups in total. The summed E-state index contributed by atoms with van der Waals surface area (Å²) >= 11 is 0. The summed E-state index contributed by atoms with van der Waals surface area (Å²) in [6.07, 6.45) is 2.70. The third-order valence-corrected chi connectivity index (χ3v) is 7.35. The summed E-state index contributed by atoms with van der Waals surface area (Å²) < 4.78 is 20.9. The summed E-state index contributed by atoms with van der Waals surface area (Å²) in [4.78, 5) is 71.0. The maximum atomic E-state index is 13.0. The Balaban J connectivity index is 0.00000169. The molecule has 0 saturated heterocycles. The van der Waals surface area contributed by atoms with E-state index in [4.69, 9.17) is 29.8 Å². The minimum absolute atomic E-state index is 0.0290. The van der Waals surface area contributed by atoms with Crippen LogP contribution in [-0.2, 0) is 49.5 Å². The van der Waals surface area contributed by atoms with Crippen LogP contribution in [-0.4, -0.2) is 77.4 Å². The minimum atomic E-state index is -1.10. The van der Waals surface area contributed by atoms with Gasteiger partial charge in [0.1, 0.15) is 23.9 Å². The third-order valence-electron chi connectivity index (χ3n) is 7.35. The molecule has 0 fully saturated rings. The molecule has 0 heterocycles. The van der Waals surface area contributed by atoms with Gasteiger partial charge in [-0.1, -0.05) is 51.1 Å². The number of rotatable bonds is 20. The predicted molar refractivity (Wildman–Crippen MR) is 205 cm³/mol. The first-order valence-electron chi connectivity index (χ1n) is 18.7. The van der Waals surface area contributed by atoms with Gasteiger partial charge in [-0.2, -0.15) is 0 Å². The average Bonchev–Trinajstić information content (AvgIpc) is 3.02. The largest absolute Gasteiger partial charge is 0.480 e. The molecule has 0 aromatic heterocycles. The molecule has 1 aromatic rings. The van der Waals surface area contributed by atoms with E-state index in [-0.39, 0.29) is 62.7 Å². The van der Waals surface area contributed by atoms with Crippen molar-refractivity contribution in [3.05, 3.63) is 35.9 Å². The first kappa shape index (κ1) is 49.8. The van der Waals surface area contributed by atoms with Crippen LogP contribution in [0.5, 0.6) is 0 Å². The number of hydrogen-bond donors (Lipinski definition) is 4. The van der Waals surface area contributed by atoms with E-state index in [2.05, 4.69) is 31.4 Å². The van der Waals surface area contributed by atoms with Crippen LogP contribution in [0.25, 0.3) is 0 Å². The highest BCUT2D eigenvalue weighted by Gasteiger charge is 2.27. The number of nitrogens with two attached hydrogens (primary N) is 1. The number of carboxylic acid groups (broad SMARTS) is 1. The molecule has 14 nitrogen and oxygen atoms in total. The van der Waals surface area contributed by atoms with Crippen molar-refractivity contribution in [2.75, 3.05) is 13.2 Å². The lowest BCUT2D eigenvalue weighted by Crippen LogP contribution is -2.38. The minimum Gasteiger partial charge on any atom is -0.480 e. The van der Waals surface area contributed by atoms with E-state index in [0.29, 0.717) is 19.4 Å². The van der Waals surface area contributed by atoms with Gasteiger partial charge in [-0.3, -0.25) is 24.0 Å². The van der Waals surface area contributed by atoms with Gasteiger partial charge in [0, 0.05) is 31.3 Å². The molecule has 3 atom stereocenters. The number of unbranched alkanes of at least 4 members (excludes halogenated alkanes) is 1. The number of carbonyl (C=O) groups excluding carboxylic acids is 5. The highest BCUT2D eigenvalue weighted by Crippen LogP contribution is 2.20. The molecule has 308 valence electrons. The molecule has 0 radical (unpaired) electrons. The molecule has 0 bridgehead atoms. The molecular weight excluding hydrogens is 698 g/mol. The number of ether oxygens (including phenoxy) is 4. The molecule has 0 aliphatic carbocycles. The fourth-order valence-corrected chi connectivity index (χ4v) is 4.50. The van der Waals surface area contributed by atoms with E-state index in [1.54, 1.807) is 41.5 Å². The molecule has 1 aromatic carbocycles. The molecule has 0 aliphatic rings. The van der Waals surface area contributed by atoms with E-state index in [1.807, 2.05) is 37.3 Å². The van der Waals surface area contributed by atoms with Gasteiger partial charge in [-0.05, 0) is 98.0 Å². The number of amides is 2. The van der Waals surface area contributed by atoms with Crippen molar-refractivity contribution in [1.82, 2.24) is 10.6 Å². The summed E-state index contributed by atoms with van der Waals surface area (Å²) in [5.74, 6) is -3.37. The number of hydrogen-bond acceptors (Lipinski definition) is 11. The second kappa shape index (κ2) is 25.0. The zero-order valence-corrected chi connectivity index (χ0v) is 34.2. The van der Waals surface area contributed by atoms with Crippen molar-refractivity contribution in [2.24, 2.45) is 17.1 Å². The normalized spacial score (nSPS) is 13.2. The van der Waals surface area contributed by atoms with Gasteiger partial charge in [0.15, 0.2) is 0 Å². The molecular formula is C40H67N3O11. The van der Waals surface area contributed by atoms with Crippen molar-refractivity contribution >= 4 is 35.9 Å². The zero-order valence-electron chi connectivity index (χ0n) is 34.2. The summed E-state index contributed by atoms with van der Waals surface area (Å²) in [5, 5.41) is 14.1. The predicted octanol–water partition coefficient (Wildman–Crippen LogP) is 6.22. The van der Waals surface area contributed by atoms with Crippen LogP contribution in [0.15, 0.2) is 30.3 Å². The van der Waals surface area contributed by atoms with E-state index in [1.165, 1.54) is 0 Å². The van der Waals surface area contributed by atoms with Gasteiger partial charge >= 0.3 is 30.0 Å². The Morgan fingerprint density at radius 3 is 1.83 bits per heavy atom. The van der Waals surface area contributed by atoms with Crippen LogP contribution in [0.3, 0.4) is 0 Å². The number of carboxylic acids is 1. The van der Waals surface area contributed by atoms with E-state index >= 15 is 0 Å². The molecule has 0 saturated carbocycles. The lowest BCUT2D eigenvalue weighted by Gasteiger charge is -2.22. The lowest BCUT2D eigenvalue weighted by atomic mass is 9.93. The number of esters is 3. The lowest BCUT2D eigenvalue weighted by molar-refractivity contribution is -0.156. The zero-order chi connectivity index (χ0) is 41.5. The summed E-state index contributed by atoms with van der Waals surface area (Å²) in [7, 11) is 0. The van der Waals surface area contributed by atoms with E-state index in [9.17, 15) is 28.8 Å². The summed E-state index contributed by atoms with van der Waals surface area (Å²) in [6.45, 7) is 19.7. The SMILES string of the molecule is CC(C)(C)OC(=O)CCC(N)C(=O)O.CC(CCCCNC(=O)OCc1ccccc1)NC(=O)[C@H](CCC(=O)OC(C)(C)C)CC(=O)OCCC(C)(C)C. The second-order valence-electron chi connectivity index (χ2n) is 16.5. The van der Waals surface area contributed by atoms with Crippen LogP contribution in [0, 0.1) is 11.3 Å². The number of benzene rings is 1. The Morgan fingerprint density at radius 2 is 1.31 bits per heavy atom. The van der Waals surface area contributed by atoms with Crippen molar-refractivity contribution in [3.63, 3.8) is 0 Å². The number of carbonyl (C=O) groups is 6. The Hall–Kier alpha value is -4.20. The molecule has 0 spiro atoms. The van der Waals surface area contributed by atoms with E-state index < -0.39 is 53.1 Å². The number of aliphatic carboxylic acids is 1.